The van der Waals surface area contributed by atoms with Crippen LogP contribution in [-0.2, 0) is 11.3 Å². The number of carbonyl (C=O) groups is 1. The molecule has 1 amide bonds. The minimum absolute atomic E-state index is 0.0460. The Kier molecular flexibility index (Phi) is 5.68. The van der Waals surface area contributed by atoms with E-state index in [-0.39, 0.29) is 18.2 Å². The zero-order chi connectivity index (χ0) is 19.2. The van der Waals surface area contributed by atoms with Gasteiger partial charge in [-0.1, -0.05) is 29.8 Å². The number of nitro groups is 1. The summed E-state index contributed by atoms with van der Waals surface area (Å²) < 4.78 is 6.96. The minimum atomic E-state index is -0.503. The lowest BCUT2D eigenvalue weighted by Gasteiger charge is -2.11. The molecular formula is C18H15ClN4O4. The van der Waals surface area contributed by atoms with E-state index in [4.69, 9.17) is 16.3 Å². The fraction of sp³-hybridized carbons (Fsp3) is 0.111. The third-order valence-corrected chi connectivity index (χ3v) is 4.05. The van der Waals surface area contributed by atoms with Crippen LogP contribution in [-0.4, -0.2) is 27.2 Å². The molecule has 9 heteroatoms. The van der Waals surface area contributed by atoms with E-state index in [0.717, 1.165) is 5.56 Å². The van der Waals surface area contributed by atoms with Crippen molar-refractivity contribution in [3.63, 3.8) is 0 Å². The second kappa shape index (κ2) is 8.33. The Hall–Kier alpha value is -3.39. The van der Waals surface area contributed by atoms with Crippen LogP contribution in [0.5, 0.6) is 5.75 Å². The fourth-order valence-electron chi connectivity index (χ4n) is 2.34. The molecule has 0 aliphatic rings. The molecule has 0 aliphatic carbocycles. The first-order valence-corrected chi connectivity index (χ1v) is 8.33. The second-order valence-electron chi connectivity index (χ2n) is 5.55. The van der Waals surface area contributed by atoms with E-state index in [9.17, 15) is 14.9 Å². The normalized spacial score (nSPS) is 10.4. The molecule has 3 aromatic rings. The molecule has 3 rings (SSSR count). The average Bonchev–Trinajstić information content (AvgIpc) is 3.09. The van der Waals surface area contributed by atoms with Crippen LogP contribution in [0, 0.1) is 10.1 Å². The van der Waals surface area contributed by atoms with Gasteiger partial charge < -0.3 is 10.1 Å². The molecule has 0 unspecified atom stereocenters. The third kappa shape index (κ3) is 4.83. The summed E-state index contributed by atoms with van der Waals surface area (Å²) >= 11 is 6.16. The van der Waals surface area contributed by atoms with Crippen molar-refractivity contribution in [2.24, 2.45) is 0 Å². The molecule has 0 radical (unpaired) electrons. The third-order valence-electron chi connectivity index (χ3n) is 3.68. The number of ether oxygens (including phenoxy) is 1. The van der Waals surface area contributed by atoms with Gasteiger partial charge in [-0.15, -0.1) is 0 Å². The number of carbonyl (C=O) groups excluding carboxylic acids is 1. The highest BCUT2D eigenvalue weighted by molar-refractivity contribution is 6.31. The first kappa shape index (κ1) is 18.4. The van der Waals surface area contributed by atoms with E-state index in [2.05, 4.69) is 10.4 Å². The summed E-state index contributed by atoms with van der Waals surface area (Å²) in [4.78, 5) is 22.2. The molecule has 27 heavy (non-hydrogen) atoms. The highest BCUT2D eigenvalue weighted by Gasteiger charge is 2.11. The number of rotatable bonds is 7. The maximum Gasteiger partial charge on any atom is 0.269 e. The van der Waals surface area contributed by atoms with Crippen LogP contribution < -0.4 is 10.1 Å². The molecule has 0 aliphatic heterocycles. The van der Waals surface area contributed by atoms with Gasteiger partial charge in [-0.25, -0.2) is 4.68 Å². The van der Waals surface area contributed by atoms with Crippen LogP contribution in [0.15, 0.2) is 60.8 Å². The maximum absolute atomic E-state index is 12.1. The molecule has 1 aromatic heterocycles. The van der Waals surface area contributed by atoms with E-state index in [1.807, 2.05) is 18.2 Å². The summed E-state index contributed by atoms with van der Waals surface area (Å²) in [6.07, 6.45) is 1.57. The van der Waals surface area contributed by atoms with E-state index in [0.29, 0.717) is 23.1 Å². The predicted molar refractivity (Wildman–Crippen MR) is 100 cm³/mol. The number of halogens is 1. The summed E-state index contributed by atoms with van der Waals surface area (Å²) in [6.45, 7) is 0.167. The number of benzene rings is 2. The Balaban J connectivity index is 1.58. The average molecular weight is 387 g/mol. The zero-order valence-corrected chi connectivity index (χ0v) is 14.8. The molecule has 0 fully saturated rings. The lowest BCUT2D eigenvalue weighted by Crippen LogP contribution is -2.22. The number of anilines is 1. The first-order chi connectivity index (χ1) is 13.0. The lowest BCUT2D eigenvalue weighted by atomic mass is 10.2. The van der Waals surface area contributed by atoms with Crippen molar-refractivity contribution in [1.29, 1.82) is 0 Å². The van der Waals surface area contributed by atoms with Crippen LogP contribution >= 0.6 is 11.6 Å². The number of non-ortho nitro benzene ring substituents is 1. The van der Waals surface area contributed by atoms with Crippen molar-refractivity contribution in [3.8, 4) is 5.75 Å². The fourth-order valence-corrected chi connectivity index (χ4v) is 2.54. The predicted octanol–water partition coefficient (Wildman–Crippen LogP) is 3.51. The van der Waals surface area contributed by atoms with Crippen molar-refractivity contribution in [2.75, 3.05) is 11.9 Å². The van der Waals surface area contributed by atoms with Gasteiger partial charge in [0.1, 0.15) is 11.6 Å². The summed E-state index contributed by atoms with van der Waals surface area (Å²) in [6, 6.07) is 14.6. The number of nitrogens with one attached hydrogen (secondary N) is 1. The second-order valence-corrected chi connectivity index (χ2v) is 5.96. The molecule has 0 bridgehead atoms. The summed E-state index contributed by atoms with van der Waals surface area (Å²) in [5, 5.41) is 18.1. The molecule has 0 saturated carbocycles. The minimum Gasteiger partial charge on any atom is -0.484 e. The molecule has 2 aromatic carbocycles. The number of hydrogen-bond donors (Lipinski definition) is 1. The van der Waals surface area contributed by atoms with Gasteiger partial charge in [0, 0.05) is 23.2 Å². The Bertz CT molecular complexity index is 956. The van der Waals surface area contributed by atoms with Crippen molar-refractivity contribution in [1.82, 2.24) is 9.78 Å². The Morgan fingerprint density at radius 3 is 2.63 bits per heavy atom. The molecule has 138 valence electrons. The van der Waals surface area contributed by atoms with Gasteiger partial charge in [0.05, 0.1) is 17.7 Å². The van der Waals surface area contributed by atoms with Crippen molar-refractivity contribution >= 4 is 29.0 Å². The van der Waals surface area contributed by atoms with Crippen molar-refractivity contribution in [2.45, 2.75) is 6.54 Å². The number of amides is 1. The zero-order valence-electron chi connectivity index (χ0n) is 14.0. The summed E-state index contributed by atoms with van der Waals surface area (Å²) in [5.41, 5.74) is 0.829. The van der Waals surface area contributed by atoms with Crippen LogP contribution in [0.4, 0.5) is 11.5 Å². The standard InChI is InChI=1S/C18H15ClN4O4/c19-16-4-2-1-3-13(16)11-22-17(9-10-20-22)21-18(24)12-27-15-7-5-14(6-8-15)23(25)26/h1-10H,11-12H2,(H,21,24). The number of nitro benzene ring substituents is 1. The maximum atomic E-state index is 12.1. The van der Waals surface area contributed by atoms with Crippen molar-refractivity contribution < 1.29 is 14.5 Å². The molecule has 1 N–H and O–H groups in total. The Morgan fingerprint density at radius 2 is 1.93 bits per heavy atom. The van der Waals surface area contributed by atoms with E-state index >= 15 is 0 Å². The smallest absolute Gasteiger partial charge is 0.269 e. The molecule has 0 spiro atoms. The van der Waals surface area contributed by atoms with Gasteiger partial charge in [0.2, 0.25) is 0 Å². The summed E-state index contributed by atoms with van der Waals surface area (Å²) in [5.74, 6) is 0.488. The highest BCUT2D eigenvalue weighted by atomic mass is 35.5. The van der Waals surface area contributed by atoms with E-state index in [1.165, 1.54) is 24.3 Å². The SMILES string of the molecule is O=C(COc1ccc([N+](=O)[O-])cc1)Nc1ccnn1Cc1ccccc1Cl. The Labute approximate surface area is 159 Å². The Morgan fingerprint density at radius 1 is 1.19 bits per heavy atom. The van der Waals surface area contributed by atoms with E-state index < -0.39 is 4.92 Å². The van der Waals surface area contributed by atoms with Crippen LogP contribution in [0.1, 0.15) is 5.56 Å². The van der Waals surface area contributed by atoms with Crippen molar-refractivity contribution in [3.05, 3.63) is 81.5 Å². The molecule has 8 nitrogen and oxygen atoms in total. The summed E-state index contributed by atoms with van der Waals surface area (Å²) in [7, 11) is 0. The number of hydrogen-bond acceptors (Lipinski definition) is 5. The van der Waals surface area contributed by atoms with Gasteiger partial charge in [-0.3, -0.25) is 14.9 Å². The molecule has 1 heterocycles. The van der Waals surface area contributed by atoms with Gasteiger partial charge in [0.25, 0.3) is 11.6 Å². The number of nitrogens with zero attached hydrogens (tertiary/aromatic N) is 3. The molecule has 0 saturated heterocycles. The topological polar surface area (TPSA) is 99.3 Å². The van der Waals surface area contributed by atoms with Crippen LogP contribution in [0.2, 0.25) is 5.02 Å². The van der Waals surface area contributed by atoms with E-state index in [1.54, 1.807) is 23.0 Å². The highest BCUT2D eigenvalue weighted by Crippen LogP contribution is 2.19. The quantitative estimate of drug-likeness (QED) is 0.494. The molecule has 0 atom stereocenters. The lowest BCUT2D eigenvalue weighted by molar-refractivity contribution is -0.384. The van der Waals surface area contributed by atoms with Crippen LogP contribution in [0.3, 0.4) is 0 Å². The molecular weight excluding hydrogens is 372 g/mol. The largest absolute Gasteiger partial charge is 0.484 e. The number of aromatic nitrogens is 2. The van der Waals surface area contributed by atoms with Crippen LogP contribution in [0.25, 0.3) is 0 Å². The van der Waals surface area contributed by atoms with Gasteiger partial charge >= 0.3 is 0 Å². The van der Waals surface area contributed by atoms with Gasteiger partial charge in [0.15, 0.2) is 6.61 Å². The van der Waals surface area contributed by atoms with Gasteiger partial charge in [-0.2, -0.15) is 5.10 Å². The first-order valence-electron chi connectivity index (χ1n) is 7.95. The van der Waals surface area contributed by atoms with Gasteiger partial charge in [-0.05, 0) is 23.8 Å². The monoisotopic (exact) mass is 386 g/mol.